The van der Waals surface area contributed by atoms with E-state index in [4.69, 9.17) is 0 Å². The number of thiazole rings is 1. The highest BCUT2D eigenvalue weighted by atomic mass is 32.1. The van der Waals surface area contributed by atoms with E-state index in [1.54, 1.807) is 36.9 Å². The standard InChI is InChI=1S/C9H14N2O2S/c1-9(2,8(12)13-3)11-5-7-4-10-6-14-7/h4,6,11H,5H2,1-3H3. The van der Waals surface area contributed by atoms with E-state index in [-0.39, 0.29) is 5.97 Å². The summed E-state index contributed by atoms with van der Waals surface area (Å²) in [5.74, 6) is -0.262. The number of rotatable bonds is 4. The van der Waals surface area contributed by atoms with Crippen LogP contribution < -0.4 is 5.32 Å². The highest BCUT2D eigenvalue weighted by Crippen LogP contribution is 2.09. The van der Waals surface area contributed by atoms with Gasteiger partial charge in [-0.1, -0.05) is 0 Å². The first-order valence-electron chi connectivity index (χ1n) is 4.27. The van der Waals surface area contributed by atoms with Crippen LogP contribution in [-0.4, -0.2) is 23.6 Å². The van der Waals surface area contributed by atoms with Crippen LogP contribution in [-0.2, 0) is 16.1 Å². The van der Waals surface area contributed by atoms with Crippen molar-refractivity contribution in [2.45, 2.75) is 25.9 Å². The predicted molar refractivity (Wildman–Crippen MR) is 55.0 cm³/mol. The minimum atomic E-state index is -0.654. The average molecular weight is 214 g/mol. The lowest BCUT2D eigenvalue weighted by Crippen LogP contribution is -2.46. The minimum absolute atomic E-state index is 0.262. The molecule has 0 aliphatic carbocycles. The molecule has 0 spiro atoms. The molecule has 0 unspecified atom stereocenters. The molecule has 14 heavy (non-hydrogen) atoms. The number of carbonyl (C=O) groups is 1. The Morgan fingerprint density at radius 3 is 2.93 bits per heavy atom. The highest BCUT2D eigenvalue weighted by Gasteiger charge is 2.27. The van der Waals surface area contributed by atoms with Crippen molar-refractivity contribution in [2.75, 3.05) is 7.11 Å². The molecule has 0 aliphatic heterocycles. The Labute approximate surface area is 87.3 Å². The van der Waals surface area contributed by atoms with Gasteiger partial charge in [0.2, 0.25) is 0 Å². The summed E-state index contributed by atoms with van der Waals surface area (Å²) in [5, 5.41) is 3.11. The summed E-state index contributed by atoms with van der Waals surface area (Å²) < 4.78 is 4.67. The van der Waals surface area contributed by atoms with E-state index in [2.05, 4.69) is 15.0 Å². The Kier molecular flexibility index (Phi) is 3.60. The van der Waals surface area contributed by atoms with Crippen molar-refractivity contribution in [2.24, 2.45) is 0 Å². The summed E-state index contributed by atoms with van der Waals surface area (Å²) in [6.07, 6.45) is 1.78. The molecule has 0 aliphatic rings. The van der Waals surface area contributed by atoms with Crippen LogP contribution in [0.1, 0.15) is 18.7 Å². The summed E-state index contributed by atoms with van der Waals surface area (Å²) in [7, 11) is 1.39. The lowest BCUT2D eigenvalue weighted by molar-refractivity contribution is -0.147. The summed E-state index contributed by atoms with van der Waals surface area (Å²) in [5.41, 5.74) is 1.11. The molecular formula is C9H14N2O2S. The van der Waals surface area contributed by atoms with Crippen molar-refractivity contribution in [1.29, 1.82) is 0 Å². The molecule has 1 aromatic heterocycles. The van der Waals surface area contributed by atoms with Gasteiger partial charge < -0.3 is 4.74 Å². The molecule has 78 valence electrons. The zero-order valence-electron chi connectivity index (χ0n) is 8.53. The van der Waals surface area contributed by atoms with Crippen LogP contribution in [0.25, 0.3) is 0 Å². The van der Waals surface area contributed by atoms with Crippen LogP contribution >= 0.6 is 11.3 Å². The number of nitrogens with one attached hydrogen (secondary N) is 1. The molecule has 0 aromatic carbocycles. The van der Waals surface area contributed by atoms with Crippen LogP contribution in [0.2, 0.25) is 0 Å². The lowest BCUT2D eigenvalue weighted by atomic mass is 10.1. The van der Waals surface area contributed by atoms with E-state index in [1.807, 2.05) is 0 Å². The Bertz CT molecular complexity index is 296. The summed E-state index contributed by atoms with van der Waals surface area (Å²) in [6.45, 7) is 4.21. The van der Waals surface area contributed by atoms with E-state index < -0.39 is 5.54 Å². The maximum Gasteiger partial charge on any atom is 0.325 e. The first kappa shape index (κ1) is 11.1. The number of methoxy groups -OCH3 is 1. The molecule has 1 N–H and O–H groups in total. The Balaban J connectivity index is 2.48. The van der Waals surface area contributed by atoms with Crippen LogP contribution in [0.3, 0.4) is 0 Å². The van der Waals surface area contributed by atoms with Crippen LogP contribution in [0, 0.1) is 0 Å². The summed E-state index contributed by atoms with van der Waals surface area (Å²) in [6, 6.07) is 0. The smallest absolute Gasteiger partial charge is 0.325 e. The molecule has 0 radical (unpaired) electrons. The fourth-order valence-electron chi connectivity index (χ4n) is 0.965. The lowest BCUT2D eigenvalue weighted by Gasteiger charge is -2.22. The number of aromatic nitrogens is 1. The second-order valence-electron chi connectivity index (χ2n) is 3.44. The van der Waals surface area contributed by atoms with Crippen molar-refractivity contribution in [3.8, 4) is 0 Å². The van der Waals surface area contributed by atoms with Gasteiger partial charge in [0.15, 0.2) is 0 Å². The zero-order chi connectivity index (χ0) is 10.6. The molecule has 0 saturated carbocycles. The third-order valence-electron chi connectivity index (χ3n) is 1.88. The molecular weight excluding hydrogens is 200 g/mol. The molecule has 1 heterocycles. The number of hydrogen-bond donors (Lipinski definition) is 1. The molecule has 0 saturated heterocycles. The number of hydrogen-bond acceptors (Lipinski definition) is 5. The van der Waals surface area contributed by atoms with E-state index >= 15 is 0 Å². The first-order valence-corrected chi connectivity index (χ1v) is 5.15. The molecule has 4 nitrogen and oxygen atoms in total. The van der Waals surface area contributed by atoms with E-state index in [1.165, 1.54) is 7.11 Å². The SMILES string of the molecule is COC(=O)C(C)(C)NCc1cncs1. The quantitative estimate of drug-likeness (QED) is 0.765. The average Bonchev–Trinajstić information content (AvgIpc) is 2.66. The van der Waals surface area contributed by atoms with Crippen LogP contribution in [0.4, 0.5) is 0 Å². The highest BCUT2D eigenvalue weighted by molar-refractivity contribution is 7.09. The molecule has 0 fully saturated rings. The fraction of sp³-hybridized carbons (Fsp3) is 0.556. The number of ether oxygens (including phenoxy) is 1. The second-order valence-corrected chi connectivity index (χ2v) is 4.41. The van der Waals surface area contributed by atoms with Gasteiger partial charge >= 0.3 is 5.97 Å². The van der Waals surface area contributed by atoms with E-state index in [0.717, 1.165) is 4.88 Å². The number of carbonyl (C=O) groups excluding carboxylic acids is 1. The van der Waals surface area contributed by atoms with Gasteiger partial charge in [0.1, 0.15) is 5.54 Å². The first-order chi connectivity index (χ1) is 6.56. The van der Waals surface area contributed by atoms with E-state index in [9.17, 15) is 4.79 Å². The monoisotopic (exact) mass is 214 g/mol. The Morgan fingerprint density at radius 1 is 1.71 bits per heavy atom. The maximum atomic E-state index is 11.3. The van der Waals surface area contributed by atoms with Crippen molar-refractivity contribution in [1.82, 2.24) is 10.3 Å². The summed E-state index contributed by atoms with van der Waals surface area (Å²) in [4.78, 5) is 16.3. The van der Waals surface area contributed by atoms with E-state index in [0.29, 0.717) is 6.54 Å². The third kappa shape index (κ3) is 2.78. The molecule has 0 atom stereocenters. The van der Waals surface area contributed by atoms with Gasteiger partial charge in [-0.15, -0.1) is 11.3 Å². The van der Waals surface area contributed by atoms with Crippen molar-refractivity contribution in [3.63, 3.8) is 0 Å². The largest absolute Gasteiger partial charge is 0.468 e. The fourth-order valence-corrected chi connectivity index (χ4v) is 1.50. The maximum absolute atomic E-state index is 11.3. The van der Waals surface area contributed by atoms with Gasteiger partial charge in [-0.25, -0.2) is 0 Å². The number of esters is 1. The van der Waals surface area contributed by atoms with Gasteiger partial charge in [-0.05, 0) is 13.8 Å². The van der Waals surface area contributed by atoms with Crippen molar-refractivity contribution in [3.05, 3.63) is 16.6 Å². The molecule has 5 heteroatoms. The third-order valence-corrected chi connectivity index (χ3v) is 2.66. The molecule has 0 bridgehead atoms. The second kappa shape index (κ2) is 4.52. The predicted octanol–water partition coefficient (Wildman–Crippen LogP) is 1.18. The molecule has 1 aromatic rings. The molecule has 0 amide bonds. The number of nitrogens with zero attached hydrogens (tertiary/aromatic N) is 1. The zero-order valence-corrected chi connectivity index (χ0v) is 9.35. The van der Waals surface area contributed by atoms with Gasteiger partial charge in [0.05, 0.1) is 12.6 Å². The van der Waals surface area contributed by atoms with Gasteiger partial charge in [0, 0.05) is 17.6 Å². The van der Waals surface area contributed by atoms with Crippen molar-refractivity contribution >= 4 is 17.3 Å². The summed E-state index contributed by atoms with van der Waals surface area (Å²) >= 11 is 1.56. The topological polar surface area (TPSA) is 51.2 Å². The Hall–Kier alpha value is -0.940. The van der Waals surface area contributed by atoms with Crippen LogP contribution in [0.5, 0.6) is 0 Å². The van der Waals surface area contributed by atoms with Gasteiger partial charge in [0.25, 0.3) is 0 Å². The normalized spacial score (nSPS) is 11.4. The Morgan fingerprint density at radius 2 is 2.43 bits per heavy atom. The van der Waals surface area contributed by atoms with Gasteiger partial charge in [-0.2, -0.15) is 0 Å². The van der Waals surface area contributed by atoms with Crippen LogP contribution in [0.15, 0.2) is 11.7 Å². The molecule has 1 rings (SSSR count). The van der Waals surface area contributed by atoms with Gasteiger partial charge in [-0.3, -0.25) is 15.1 Å². The van der Waals surface area contributed by atoms with Crippen molar-refractivity contribution < 1.29 is 9.53 Å². The minimum Gasteiger partial charge on any atom is -0.468 e.